The predicted molar refractivity (Wildman–Crippen MR) is 145 cm³/mol. The van der Waals surface area contributed by atoms with Crippen molar-refractivity contribution in [2.45, 2.75) is 106 Å². The average Bonchev–Trinajstić information content (AvgIpc) is 2.81. The zero-order chi connectivity index (χ0) is 27.2. The monoisotopic (exact) mass is 513 g/mol. The molecule has 5 nitrogen and oxygen atoms in total. The third-order valence-electron chi connectivity index (χ3n) is 13.8. The maximum absolute atomic E-state index is 14.4. The van der Waals surface area contributed by atoms with Gasteiger partial charge in [0.15, 0.2) is 5.78 Å². The number of nitrogens with one attached hydrogen (secondary N) is 1. The van der Waals surface area contributed by atoms with Crippen LogP contribution in [0.2, 0.25) is 0 Å². The Labute approximate surface area is 224 Å². The highest BCUT2D eigenvalue weighted by molar-refractivity contribution is 5.95. The van der Waals surface area contributed by atoms with E-state index in [1.54, 1.807) is 0 Å². The van der Waals surface area contributed by atoms with E-state index in [0.717, 1.165) is 57.8 Å². The third kappa shape index (κ3) is 3.47. The second-order valence-electron chi connectivity index (χ2n) is 15.6. The molecule has 5 rings (SSSR count). The molecule has 37 heavy (non-hydrogen) atoms. The number of hydrogen-bond acceptors (Lipinski definition) is 4. The Morgan fingerprint density at radius 1 is 1.00 bits per heavy atom. The average molecular weight is 514 g/mol. The highest BCUT2D eigenvalue weighted by Crippen LogP contribution is 2.75. The van der Waals surface area contributed by atoms with E-state index < -0.39 is 5.41 Å². The SMILES string of the molecule is CONC(=O)[C@@]1(C)CC[C@]2(C)CC[C@]3(C)C(=CC(=O)[C@@H]4[C@@]5(C)CC[C@H](CO)C(C)(C)C5CC[C@]43C)[C@@H]2C1. The topological polar surface area (TPSA) is 75.6 Å². The van der Waals surface area contributed by atoms with E-state index >= 15 is 0 Å². The number of hydroxylamine groups is 1. The fraction of sp³-hybridized carbons (Fsp3) is 0.875. The van der Waals surface area contributed by atoms with Crippen molar-refractivity contribution in [3.05, 3.63) is 11.6 Å². The molecule has 0 saturated heterocycles. The van der Waals surface area contributed by atoms with Gasteiger partial charge in [0, 0.05) is 17.9 Å². The lowest BCUT2D eigenvalue weighted by atomic mass is 9.33. The van der Waals surface area contributed by atoms with Gasteiger partial charge in [-0.2, -0.15) is 0 Å². The van der Waals surface area contributed by atoms with Gasteiger partial charge in [0.1, 0.15) is 0 Å². The van der Waals surface area contributed by atoms with Gasteiger partial charge in [-0.25, -0.2) is 5.48 Å². The van der Waals surface area contributed by atoms with Crippen LogP contribution in [-0.2, 0) is 14.4 Å². The molecule has 0 aromatic carbocycles. The fourth-order valence-electron chi connectivity index (χ4n) is 11.0. The number of carbonyl (C=O) groups excluding carboxylic acids is 2. The molecule has 208 valence electrons. The number of allylic oxidation sites excluding steroid dienone is 2. The molecule has 0 spiro atoms. The number of aliphatic hydroxyl groups excluding tert-OH is 1. The molecule has 0 radical (unpaired) electrons. The van der Waals surface area contributed by atoms with Gasteiger partial charge in [0.2, 0.25) is 5.91 Å². The Kier molecular flexibility index (Phi) is 6.21. The maximum atomic E-state index is 14.4. The zero-order valence-corrected chi connectivity index (χ0v) is 24.6. The molecule has 9 atom stereocenters. The van der Waals surface area contributed by atoms with Crippen LogP contribution >= 0.6 is 0 Å². The molecular weight excluding hydrogens is 462 g/mol. The van der Waals surface area contributed by atoms with Gasteiger partial charge in [0.25, 0.3) is 0 Å². The number of ketones is 1. The predicted octanol–water partition coefficient (Wildman–Crippen LogP) is 6.25. The summed E-state index contributed by atoms with van der Waals surface area (Å²) in [6, 6.07) is 0. The van der Waals surface area contributed by atoms with Crippen LogP contribution in [0.25, 0.3) is 0 Å². The zero-order valence-electron chi connectivity index (χ0n) is 24.6. The first kappa shape index (κ1) is 27.4. The third-order valence-corrected chi connectivity index (χ3v) is 13.8. The Morgan fingerprint density at radius 2 is 1.68 bits per heavy atom. The van der Waals surface area contributed by atoms with Crippen molar-refractivity contribution in [1.29, 1.82) is 0 Å². The highest BCUT2D eigenvalue weighted by atomic mass is 16.6. The molecule has 0 bridgehead atoms. The summed E-state index contributed by atoms with van der Waals surface area (Å²) in [6.45, 7) is 16.7. The Bertz CT molecular complexity index is 1020. The Hall–Kier alpha value is -1.20. The lowest BCUT2D eigenvalue weighted by molar-refractivity contribution is -0.196. The first-order valence-corrected chi connectivity index (χ1v) is 14.8. The number of rotatable bonds is 3. The molecule has 5 aliphatic rings. The van der Waals surface area contributed by atoms with Crippen molar-refractivity contribution in [2.24, 2.45) is 56.2 Å². The molecule has 0 aliphatic heterocycles. The maximum Gasteiger partial charge on any atom is 0.249 e. The van der Waals surface area contributed by atoms with Gasteiger partial charge in [-0.15, -0.1) is 0 Å². The van der Waals surface area contributed by atoms with E-state index in [4.69, 9.17) is 4.84 Å². The van der Waals surface area contributed by atoms with Crippen LogP contribution in [0.4, 0.5) is 0 Å². The van der Waals surface area contributed by atoms with E-state index in [2.05, 4.69) is 60.0 Å². The first-order chi connectivity index (χ1) is 17.1. The van der Waals surface area contributed by atoms with Crippen LogP contribution in [0.15, 0.2) is 11.6 Å². The van der Waals surface area contributed by atoms with Crippen LogP contribution in [0.1, 0.15) is 106 Å². The normalized spacial score (nSPS) is 50.6. The van der Waals surface area contributed by atoms with Gasteiger partial charge in [0.05, 0.1) is 7.11 Å². The van der Waals surface area contributed by atoms with Gasteiger partial charge < -0.3 is 5.11 Å². The summed E-state index contributed by atoms with van der Waals surface area (Å²) in [5, 5.41) is 10.2. The van der Waals surface area contributed by atoms with E-state index in [9.17, 15) is 14.7 Å². The molecule has 2 N–H and O–H groups in total. The second-order valence-corrected chi connectivity index (χ2v) is 15.6. The fourth-order valence-corrected chi connectivity index (χ4v) is 11.0. The first-order valence-electron chi connectivity index (χ1n) is 14.8. The van der Waals surface area contributed by atoms with Crippen molar-refractivity contribution in [2.75, 3.05) is 13.7 Å². The molecule has 0 aromatic heterocycles. The van der Waals surface area contributed by atoms with E-state index in [1.165, 1.54) is 12.7 Å². The smallest absolute Gasteiger partial charge is 0.249 e. The number of aliphatic hydroxyl groups is 1. The minimum absolute atomic E-state index is 0.0162. The number of amides is 1. The van der Waals surface area contributed by atoms with Crippen molar-refractivity contribution in [3.63, 3.8) is 0 Å². The van der Waals surface area contributed by atoms with Crippen LogP contribution < -0.4 is 5.48 Å². The van der Waals surface area contributed by atoms with Gasteiger partial charge in [-0.1, -0.05) is 54.0 Å². The number of carbonyl (C=O) groups is 2. The van der Waals surface area contributed by atoms with Crippen molar-refractivity contribution >= 4 is 11.7 Å². The van der Waals surface area contributed by atoms with Crippen molar-refractivity contribution in [1.82, 2.24) is 5.48 Å². The lowest BCUT2D eigenvalue weighted by Crippen LogP contribution is -2.66. The molecule has 0 heterocycles. The molecule has 5 aliphatic carbocycles. The van der Waals surface area contributed by atoms with E-state index in [0.29, 0.717) is 17.6 Å². The Morgan fingerprint density at radius 3 is 2.32 bits per heavy atom. The molecular formula is C32H51NO4. The number of fused-ring (bicyclic) bond motifs is 7. The molecule has 4 saturated carbocycles. The van der Waals surface area contributed by atoms with Gasteiger partial charge >= 0.3 is 0 Å². The van der Waals surface area contributed by atoms with Crippen LogP contribution in [0.5, 0.6) is 0 Å². The van der Waals surface area contributed by atoms with E-state index in [-0.39, 0.29) is 51.4 Å². The second kappa shape index (κ2) is 8.40. The summed E-state index contributed by atoms with van der Waals surface area (Å²) in [5.41, 5.74) is 3.43. The van der Waals surface area contributed by atoms with E-state index in [1.807, 2.05) is 0 Å². The minimum Gasteiger partial charge on any atom is -0.396 e. The molecule has 1 unspecified atom stereocenters. The quantitative estimate of drug-likeness (QED) is 0.437. The molecule has 5 heteroatoms. The molecule has 1 amide bonds. The van der Waals surface area contributed by atoms with Crippen molar-refractivity contribution in [3.8, 4) is 0 Å². The summed E-state index contributed by atoms with van der Waals surface area (Å²) >= 11 is 0. The Balaban J connectivity index is 1.58. The lowest BCUT2D eigenvalue weighted by Gasteiger charge is -2.70. The largest absolute Gasteiger partial charge is 0.396 e. The summed E-state index contributed by atoms with van der Waals surface area (Å²) in [5.74, 6) is 1.30. The summed E-state index contributed by atoms with van der Waals surface area (Å²) in [7, 11) is 1.50. The molecule has 0 aromatic rings. The van der Waals surface area contributed by atoms with Gasteiger partial charge in [-0.3, -0.25) is 14.4 Å². The summed E-state index contributed by atoms with van der Waals surface area (Å²) in [4.78, 5) is 32.5. The summed E-state index contributed by atoms with van der Waals surface area (Å²) in [6.07, 6.45) is 11.2. The molecule has 4 fully saturated rings. The standard InChI is InChI=1S/C32H51NO4/c1-27(2)20(19-34)9-11-30(5)24(27)10-12-32(7)25(30)23(35)17-21-22-18-29(4,26(36)33-37-8)14-13-28(22,3)15-16-31(21,32)6/h17,20,22,24-25,34H,9-16,18-19H2,1-8H3,(H,33,36)/t20-,22+,24?,25-,28-,29+,30+,31-,32-/m1/s1. The highest BCUT2D eigenvalue weighted by Gasteiger charge is 2.70. The minimum atomic E-state index is -0.490. The number of hydrogen-bond donors (Lipinski definition) is 2. The van der Waals surface area contributed by atoms with Crippen LogP contribution in [-0.4, -0.2) is 30.5 Å². The van der Waals surface area contributed by atoms with Gasteiger partial charge in [-0.05, 0) is 109 Å². The van der Waals surface area contributed by atoms with Crippen molar-refractivity contribution < 1.29 is 19.5 Å². The summed E-state index contributed by atoms with van der Waals surface area (Å²) < 4.78 is 0. The van der Waals surface area contributed by atoms with Crippen LogP contribution in [0.3, 0.4) is 0 Å². The van der Waals surface area contributed by atoms with Crippen LogP contribution in [0, 0.1) is 56.2 Å².